The van der Waals surface area contributed by atoms with E-state index < -0.39 is 8.80 Å². The van der Waals surface area contributed by atoms with Gasteiger partial charge in [0.15, 0.2) is 0 Å². The molecule has 3 aliphatic heterocycles. The number of rotatable bonds is 1. The quantitative estimate of drug-likeness (QED) is 0.632. The molecule has 5 heteroatoms. The van der Waals surface area contributed by atoms with Gasteiger partial charge < -0.3 is 13.3 Å². The van der Waals surface area contributed by atoms with Crippen LogP contribution in [0.5, 0.6) is 0 Å². The Hall–Kier alpha value is 0.0569. The molecule has 3 rings (SSSR count). The van der Waals surface area contributed by atoms with E-state index in [-0.39, 0.29) is 5.54 Å². The molecule has 0 radical (unpaired) electrons. The summed E-state index contributed by atoms with van der Waals surface area (Å²) in [6.45, 7) is 10.8. The lowest BCUT2D eigenvalue weighted by Gasteiger charge is -2.46. The Balaban J connectivity index is 2.19. The summed E-state index contributed by atoms with van der Waals surface area (Å²) in [6, 6.07) is 0.878. The zero-order valence-electron chi connectivity index (χ0n) is 9.91. The molecule has 0 amide bonds. The highest BCUT2D eigenvalue weighted by Gasteiger charge is 2.45. The van der Waals surface area contributed by atoms with Gasteiger partial charge in [0.1, 0.15) is 0 Å². The van der Waals surface area contributed by atoms with E-state index in [9.17, 15) is 0 Å². The van der Waals surface area contributed by atoms with Crippen LogP contribution < -0.4 is 0 Å². The van der Waals surface area contributed by atoms with E-state index in [0.29, 0.717) is 6.61 Å². The van der Waals surface area contributed by atoms with Crippen LogP contribution in [0.2, 0.25) is 6.04 Å². The van der Waals surface area contributed by atoms with Crippen molar-refractivity contribution in [1.82, 2.24) is 4.90 Å². The topological polar surface area (TPSA) is 30.9 Å². The fourth-order valence-corrected chi connectivity index (χ4v) is 4.39. The van der Waals surface area contributed by atoms with Crippen LogP contribution in [0.25, 0.3) is 0 Å². The molecule has 3 saturated heterocycles. The second kappa shape index (κ2) is 4.14. The molecule has 0 aromatic heterocycles. The van der Waals surface area contributed by atoms with Crippen LogP contribution in [-0.4, -0.2) is 52.2 Å². The van der Waals surface area contributed by atoms with Crippen molar-refractivity contribution >= 4 is 8.80 Å². The molecule has 3 heterocycles. The summed E-state index contributed by atoms with van der Waals surface area (Å²) < 4.78 is 17.6. The molecule has 3 aliphatic rings. The van der Waals surface area contributed by atoms with E-state index in [2.05, 4.69) is 25.7 Å². The molecule has 0 N–H and O–H groups in total. The van der Waals surface area contributed by atoms with E-state index in [1.165, 1.54) is 0 Å². The molecule has 0 aromatic rings. The predicted molar refractivity (Wildman–Crippen MR) is 59.7 cm³/mol. The summed E-state index contributed by atoms with van der Waals surface area (Å²) in [5, 5.41) is 0. The molecule has 15 heavy (non-hydrogen) atoms. The lowest BCUT2D eigenvalue weighted by Crippen LogP contribution is -2.61. The molecule has 0 unspecified atom stereocenters. The van der Waals surface area contributed by atoms with Gasteiger partial charge in [-0.05, 0) is 13.8 Å². The van der Waals surface area contributed by atoms with Crippen molar-refractivity contribution in [1.29, 1.82) is 0 Å². The van der Waals surface area contributed by atoms with Crippen LogP contribution in [0.1, 0.15) is 20.8 Å². The maximum absolute atomic E-state index is 5.96. The van der Waals surface area contributed by atoms with Gasteiger partial charge in [0.25, 0.3) is 0 Å². The van der Waals surface area contributed by atoms with Crippen molar-refractivity contribution in [2.75, 3.05) is 32.9 Å². The second-order valence-corrected chi connectivity index (χ2v) is 7.76. The minimum Gasteiger partial charge on any atom is -0.372 e. The lowest BCUT2D eigenvalue weighted by molar-refractivity contribution is -0.0612. The first-order valence-corrected chi connectivity index (χ1v) is 7.68. The fraction of sp³-hybridized carbons (Fsp3) is 1.00. The third-order valence-corrected chi connectivity index (χ3v) is 6.04. The smallest absolute Gasteiger partial charge is 0.372 e. The average Bonchev–Trinajstić information content (AvgIpc) is 2.14. The van der Waals surface area contributed by atoms with Crippen molar-refractivity contribution in [3.63, 3.8) is 0 Å². The minimum absolute atomic E-state index is 0.112. The normalized spacial score (nSPS) is 40.6. The van der Waals surface area contributed by atoms with Gasteiger partial charge in [-0.25, -0.2) is 0 Å². The van der Waals surface area contributed by atoms with Gasteiger partial charge in [-0.15, -0.1) is 0 Å². The highest BCUT2D eigenvalue weighted by molar-refractivity contribution is 6.60. The Labute approximate surface area is 92.9 Å². The molecular weight excluding hydrogens is 210 g/mol. The maximum Gasteiger partial charge on any atom is 0.500 e. The first-order valence-electron chi connectivity index (χ1n) is 5.75. The Bertz CT molecular complexity index is 225. The highest BCUT2D eigenvalue weighted by Crippen LogP contribution is 2.26. The van der Waals surface area contributed by atoms with E-state index in [1.54, 1.807) is 0 Å². The third kappa shape index (κ3) is 2.26. The predicted octanol–water partition coefficient (Wildman–Crippen LogP) is 1.10. The maximum atomic E-state index is 5.96. The van der Waals surface area contributed by atoms with Crippen molar-refractivity contribution in [2.45, 2.75) is 32.4 Å². The summed E-state index contributed by atoms with van der Waals surface area (Å²) in [5.74, 6) is 0. The zero-order valence-corrected chi connectivity index (χ0v) is 10.9. The fourth-order valence-electron chi connectivity index (χ4n) is 2.15. The SMILES string of the molecule is CC[Si]12OCCN(CCO1)C(C)(C)CO2. The van der Waals surface area contributed by atoms with Crippen LogP contribution in [0.15, 0.2) is 0 Å². The summed E-state index contributed by atoms with van der Waals surface area (Å²) in [5.41, 5.74) is 0.112. The monoisotopic (exact) mass is 231 g/mol. The Kier molecular flexibility index (Phi) is 3.19. The van der Waals surface area contributed by atoms with Gasteiger partial charge in [-0.2, -0.15) is 0 Å². The molecular formula is C10H21NO3Si. The second-order valence-electron chi connectivity index (χ2n) is 4.82. The number of hydrogen-bond donors (Lipinski definition) is 0. The van der Waals surface area contributed by atoms with Crippen LogP contribution in [0.3, 0.4) is 0 Å². The van der Waals surface area contributed by atoms with E-state index in [0.717, 1.165) is 32.3 Å². The van der Waals surface area contributed by atoms with E-state index in [4.69, 9.17) is 13.3 Å². The molecule has 0 spiro atoms. The Morgan fingerprint density at radius 1 is 1.13 bits per heavy atom. The van der Waals surface area contributed by atoms with Gasteiger partial charge in [-0.3, -0.25) is 4.90 Å². The largest absolute Gasteiger partial charge is 0.500 e. The van der Waals surface area contributed by atoms with Crippen LogP contribution >= 0.6 is 0 Å². The van der Waals surface area contributed by atoms with Crippen LogP contribution in [0, 0.1) is 0 Å². The number of nitrogens with zero attached hydrogens (tertiary/aromatic N) is 1. The molecule has 4 nitrogen and oxygen atoms in total. The molecule has 2 bridgehead atoms. The molecule has 0 aromatic carbocycles. The molecule has 0 aliphatic carbocycles. The van der Waals surface area contributed by atoms with Crippen molar-refractivity contribution < 1.29 is 13.3 Å². The van der Waals surface area contributed by atoms with E-state index in [1.807, 2.05) is 0 Å². The first-order chi connectivity index (χ1) is 7.08. The first kappa shape index (κ1) is 11.5. The van der Waals surface area contributed by atoms with E-state index >= 15 is 0 Å². The number of hydrogen-bond acceptors (Lipinski definition) is 4. The van der Waals surface area contributed by atoms with Crippen molar-refractivity contribution in [2.24, 2.45) is 0 Å². The van der Waals surface area contributed by atoms with Gasteiger partial charge in [-0.1, -0.05) is 6.92 Å². The number of fused-ring (bicyclic) bond motifs is 6. The van der Waals surface area contributed by atoms with Gasteiger partial charge >= 0.3 is 8.80 Å². The Morgan fingerprint density at radius 2 is 1.73 bits per heavy atom. The van der Waals surface area contributed by atoms with Crippen molar-refractivity contribution in [3.05, 3.63) is 0 Å². The summed E-state index contributed by atoms with van der Waals surface area (Å²) in [6.07, 6.45) is 0. The van der Waals surface area contributed by atoms with Gasteiger partial charge in [0.05, 0.1) is 19.8 Å². The third-order valence-electron chi connectivity index (χ3n) is 3.30. The van der Waals surface area contributed by atoms with Crippen LogP contribution in [-0.2, 0) is 13.3 Å². The van der Waals surface area contributed by atoms with Crippen molar-refractivity contribution in [3.8, 4) is 0 Å². The minimum atomic E-state index is -2.32. The van der Waals surface area contributed by atoms with Crippen LogP contribution in [0.4, 0.5) is 0 Å². The standard InChI is InChI=1S/C10H21NO3Si/c1-4-15-12-7-5-11(6-8-13-15)10(2,3)9-14-15/h4-9H2,1-3H3. The van der Waals surface area contributed by atoms with Gasteiger partial charge in [0.2, 0.25) is 0 Å². The summed E-state index contributed by atoms with van der Waals surface area (Å²) >= 11 is 0. The lowest BCUT2D eigenvalue weighted by atomic mass is 10.0. The molecule has 0 atom stereocenters. The average molecular weight is 231 g/mol. The summed E-state index contributed by atoms with van der Waals surface area (Å²) in [4.78, 5) is 2.39. The summed E-state index contributed by atoms with van der Waals surface area (Å²) in [7, 11) is -2.32. The highest BCUT2D eigenvalue weighted by atomic mass is 28.4. The Morgan fingerprint density at radius 3 is 2.27 bits per heavy atom. The molecule has 0 saturated carbocycles. The molecule has 3 fully saturated rings. The zero-order chi connectivity index (χ0) is 10.9. The van der Waals surface area contributed by atoms with Gasteiger partial charge in [0, 0.05) is 24.7 Å². The molecule has 88 valence electrons.